The number of quaternary nitrogens is 1. The van der Waals surface area contributed by atoms with Gasteiger partial charge in [-0.05, 0) is 19.1 Å². The molecule has 0 aliphatic rings. The number of rotatable bonds is 6. The van der Waals surface area contributed by atoms with Crippen molar-refractivity contribution < 1.29 is 13.3 Å². The Bertz CT molecular complexity index is 700. The molecule has 0 amide bonds. The second-order valence-corrected chi connectivity index (χ2v) is 7.60. The summed E-state index contributed by atoms with van der Waals surface area (Å²) in [5, 5.41) is 0. The maximum absolute atomic E-state index is 12.4. The highest BCUT2D eigenvalue weighted by atomic mass is 32.2. The van der Waals surface area contributed by atoms with Crippen LogP contribution in [0.5, 0.6) is 0 Å². The molecule has 0 radical (unpaired) electrons. The van der Waals surface area contributed by atoms with Gasteiger partial charge >= 0.3 is 0 Å². The van der Waals surface area contributed by atoms with E-state index in [1.54, 1.807) is 30.3 Å². The van der Waals surface area contributed by atoms with Gasteiger partial charge in [-0.15, -0.1) is 0 Å². The Morgan fingerprint density at radius 1 is 0.955 bits per heavy atom. The number of hydrogen-bond acceptors (Lipinski definition) is 2. The molecule has 2 aromatic rings. The van der Waals surface area contributed by atoms with Gasteiger partial charge in [-0.1, -0.05) is 48.5 Å². The zero-order valence-corrected chi connectivity index (χ0v) is 14.0. The first-order chi connectivity index (χ1) is 10.4. The lowest BCUT2D eigenvalue weighted by atomic mass is 9.91. The zero-order chi connectivity index (χ0) is 16.2. The van der Waals surface area contributed by atoms with E-state index in [2.05, 4.69) is 11.6 Å². The lowest BCUT2D eigenvalue weighted by molar-refractivity contribution is -0.920. The minimum Gasteiger partial charge on any atom is -0.330 e. The number of benzene rings is 2. The summed E-state index contributed by atoms with van der Waals surface area (Å²) in [6, 6.07) is 18.4. The van der Waals surface area contributed by atoms with Crippen LogP contribution < -0.4 is 9.62 Å². The Kier molecular flexibility index (Phi) is 5.01. The second kappa shape index (κ2) is 6.60. The molecule has 0 spiro atoms. The Morgan fingerprint density at radius 3 is 1.95 bits per heavy atom. The molecule has 0 unspecified atom stereocenters. The van der Waals surface area contributed by atoms with E-state index in [0.29, 0.717) is 11.4 Å². The molecule has 0 fully saturated rings. The molecule has 0 bridgehead atoms. The fraction of sp³-hybridized carbons (Fsp3) is 0.294. The topological polar surface area (TPSA) is 50.6 Å². The van der Waals surface area contributed by atoms with Gasteiger partial charge in [-0.3, -0.25) is 0 Å². The van der Waals surface area contributed by atoms with Crippen molar-refractivity contribution in [1.29, 1.82) is 0 Å². The molecule has 0 heterocycles. The van der Waals surface area contributed by atoms with Crippen LogP contribution in [0.2, 0.25) is 0 Å². The third-order valence-corrected chi connectivity index (χ3v) is 5.60. The molecule has 0 aliphatic heterocycles. The molecule has 2 rings (SSSR count). The first-order valence-electron chi connectivity index (χ1n) is 7.27. The minimum atomic E-state index is -3.50. The molecule has 0 aromatic heterocycles. The van der Waals surface area contributed by atoms with E-state index in [1.165, 1.54) is 0 Å². The molecular weight excluding hydrogens is 296 g/mol. The Balaban J connectivity index is 2.24. The van der Waals surface area contributed by atoms with Crippen molar-refractivity contribution >= 4 is 10.0 Å². The fourth-order valence-electron chi connectivity index (χ4n) is 2.30. The van der Waals surface area contributed by atoms with Crippen LogP contribution in [0.3, 0.4) is 0 Å². The van der Waals surface area contributed by atoms with Crippen LogP contribution in [0.4, 0.5) is 0 Å². The molecule has 118 valence electrons. The predicted molar refractivity (Wildman–Crippen MR) is 88.2 cm³/mol. The molecule has 0 saturated heterocycles. The monoisotopic (exact) mass is 319 g/mol. The maximum atomic E-state index is 12.4. The molecule has 4 nitrogen and oxygen atoms in total. The summed E-state index contributed by atoms with van der Waals surface area (Å²) < 4.78 is 27.6. The predicted octanol–water partition coefficient (Wildman–Crippen LogP) is 1.02. The number of nitrogens with one attached hydrogen (secondary N) is 2. The Hall–Kier alpha value is -1.69. The summed E-state index contributed by atoms with van der Waals surface area (Å²) in [4.78, 5) is 1.45. The van der Waals surface area contributed by atoms with Gasteiger partial charge in [-0.2, -0.15) is 0 Å². The van der Waals surface area contributed by atoms with Gasteiger partial charge in [0.2, 0.25) is 10.0 Å². The highest BCUT2D eigenvalue weighted by molar-refractivity contribution is 7.89. The van der Waals surface area contributed by atoms with E-state index in [0.717, 1.165) is 10.5 Å². The van der Waals surface area contributed by atoms with Crippen molar-refractivity contribution in [3.05, 3.63) is 66.2 Å². The largest absolute Gasteiger partial charge is 0.330 e. The molecule has 0 saturated carbocycles. The third-order valence-electron chi connectivity index (χ3n) is 4.18. The van der Waals surface area contributed by atoms with Gasteiger partial charge in [0.15, 0.2) is 0 Å². The lowest BCUT2D eigenvalue weighted by Crippen LogP contribution is -3.14. The van der Waals surface area contributed by atoms with Gasteiger partial charge < -0.3 is 4.90 Å². The molecule has 22 heavy (non-hydrogen) atoms. The highest BCUT2D eigenvalue weighted by Gasteiger charge is 2.34. The van der Waals surface area contributed by atoms with Crippen molar-refractivity contribution in [3.63, 3.8) is 0 Å². The second-order valence-electron chi connectivity index (χ2n) is 5.84. The first kappa shape index (κ1) is 16.7. The summed E-state index contributed by atoms with van der Waals surface area (Å²) in [6.07, 6.45) is 0. The molecular formula is C17H23N2O2S+. The normalized spacial score (nSPS) is 14.7. The summed E-state index contributed by atoms with van der Waals surface area (Å²) in [5.41, 5.74) is 0.758. The van der Waals surface area contributed by atoms with Crippen LogP contribution in [0.1, 0.15) is 12.5 Å². The Labute approximate surface area is 132 Å². The van der Waals surface area contributed by atoms with Crippen molar-refractivity contribution in [3.8, 4) is 0 Å². The van der Waals surface area contributed by atoms with Crippen molar-refractivity contribution in [2.45, 2.75) is 17.4 Å². The molecule has 2 aromatic carbocycles. The quantitative estimate of drug-likeness (QED) is 0.835. The number of likely N-dealkylation sites (N-methyl/N-ethyl adjacent to an activating group) is 1. The SMILES string of the molecule is C[NH+](C)[C@@](C)(CNS(=O)(=O)c1ccccc1)c1ccccc1. The highest BCUT2D eigenvalue weighted by Crippen LogP contribution is 2.17. The van der Waals surface area contributed by atoms with E-state index in [-0.39, 0.29) is 5.54 Å². The van der Waals surface area contributed by atoms with E-state index < -0.39 is 10.0 Å². The standard InChI is InChI=1S/C17H22N2O2S/c1-17(19(2)3,15-10-6-4-7-11-15)14-18-22(20,21)16-12-8-5-9-13-16/h4-13,18H,14H2,1-3H3/p+1/t17-/m0/s1. The van der Waals surface area contributed by atoms with E-state index in [1.807, 2.05) is 44.4 Å². The van der Waals surface area contributed by atoms with Crippen LogP contribution >= 0.6 is 0 Å². The van der Waals surface area contributed by atoms with Gasteiger partial charge in [0.25, 0.3) is 0 Å². The Morgan fingerprint density at radius 2 is 1.45 bits per heavy atom. The van der Waals surface area contributed by atoms with E-state index in [4.69, 9.17) is 0 Å². The van der Waals surface area contributed by atoms with E-state index >= 15 is 0 Å². The minimum absolute atomic E-state index is 0.291. The summed E-state index contributed by atoms with van der Waals surface area (Å²) in [7, 11) is 0.565. The fourth-order valence-corrected chi connectivity index (χ4v) is 3.46. The third kappa shape index (κ3) is 3.55. The van der Waals surface area contributed by atoms with Gasteiger partial charge in [-0.25, -0.2) is 13.1 Å². The number of sulfonamides is 1. The zero-order valence-electron chi connectivity index (χ0n) is 13.2. The molecule has 1 atom stereocenters. The van der Waals surface area contributed by atoms with Crippen molar-refractivity contribution in [2.75, 3.05) is 20.6 Å². The summed E-state index contributed by atoms with van der Waals surface area (Å²) in [6.45, 7) is 2.39. The number of hydrogen-bond donors (Lipinski definition) is 2. The average molecular weight is 319 g/mol. The molecule has 0 aliphatic carbocycles. The molecule has 2 N–H and O–H groups in total. The van der Waals surface area contributed by atoms with Crippen molar-refractivity contribution in [1.82, 2.24) is 4.72 Å². The van der Waals surface area contributed by atoms with Gasteiger partial charge in [0.1, 0.15) is 5.54 Å². The average Bonchev–Trinajstić information content (AvgIpc) is 2.54. The first-order valence-corrected chi connectivity index (χ1v) is 8.75. The lowest BCUT2D eigenvalue weighted by Gasteiger charge is -2.33. The van der Waals surface area contributed by atoms with E-state index in [9.17, 15) is 8.42 Å². The summed E-state index contributed by atoms with van der Waals surface area (Å²) in [5.74, 6) is 0. The molecule has 5 heteroatoms. The summed E-state index contributed by atoms with van der Waals surface area (Å²) >= 11 is 0. The van der Waals surface area contributed by atoms with Crippen LogP contribution in [-0.4, -0.2) is 29.1 Å². The van der Waals surface area contributed by atoms with Gasteiger partial charge in [0.05, 0.1) is 25.5 Å². The van der Waals surface area contributed by atoms with Crippen LogP contribution in [0, 0.1) is 0 Å². The van der Waals surface area contributed by atoms with Crippen LogP contribution in [0.25, 0.3) is 0 Å². The van der Waals surface area contributed by atoms with Crippen LogP contribution in [0.15, 0.2) is 65.6 Å². The van der Waals surface area contributed by atoms with Crippen molar-refractivity contribution in [2.24, 2.45) is 0 Å². The smallest absolute Gasteiger partial charge is 0.240 e. The van der Waals surface area contributed by atoms with Crippen LogP contribution in [-0.2, 0) is 15.6 Å². The maximum Gasteiger partial charge on any atom is 0.240 e. The van der Waals surface area contributed by atoms with Gasteiger partial charge in [0, 0.05) is 5.56 Å².